The summed E-state index contributed by atoms with van der Waals surface area (Å²) < 4.78 is 0.945. The molecule has 3 aromatic rings. The van der Waals surface area contributed by atoms with Gasteiger partial charge in [0.05, 0.1) is 5.69 Å². The summed E-state index contributed by atoms with van der Waals surface area (Å²) in [5.41, 5.74) is 3.24. The Bertz CT molecular complexity index is 845. The molecule has 0 unspecified atom stereocenters. The Balaban J connectivity index is 1.77. The maximum Gasteiger partial charge on any atom is 0.255 e. The average molecular weight is 402 g/mol. The Hall–Kier alpha value is -2.18. The molecule has 0 atom stereocenters. The van der Waals surface area contributed by atoms with E-state index in [1.807, 2.05) is 48.7 Å². The van der Waals surface area contributed by atoms with Crippen LogP contribution in [0.1, 0.15) is 17.3 Å². The Kier molecular flexibility index (Phi) is 5.27. The monoisotopic (exact) mass is 401 g/mol. The highest BCUT2D eigenvalue weighted by atomic mass is 79.9. The van der Waals surface area contributed by atoms with Gasteiger partial charge in [-0.1, -0.05) is 28.1 Å². The van der Waals surface area contributed by atoms with Crippen molar-refractivity contribution in [2.24, 2.45) is 0 Å². The van der Waals surface area contributed by atoms with Gasteiger partial charge in [0.2, 0.25) is 0 Å². The van der Waals surface area contributed by atoms with E-state index in [0.717, 1.165) is 33.1 Å². The number of carbonyl (C=O) groups is 1. The predicted octanol–water partition coefficient (Wildman–Crippen LogP) is 5.26. The minimum Gasteiger partial charge on any atom is -0.362 e. The van der Waals surface area contributed by atoms with Gasteiger partial charge in [0.15, 0.2) is 5.13 Å². The summed E-state index contributed by atoms with van der Waals surface area (Å²) in [7, 11) is 0. The molecule has 0 spiro atoms. The number of nitrogens with zero attached hydrogens (tertiary/aromatic N) is 1. The van der Waals surface area contributed by atoms with Crippen molar-refractivity contribution in [3.8, 4) is 11.3 Å². The van der Waals surface area contributed by atoms with Gasteiger partial charge in [0.25, 0.3) is 5.91 Å². The second-order valence-electron chi connectivity index (χ2n) is 5.11. The summed E-state index contributed by atoms with van der Waals surface area (Å²) in [5.74, 6) is -0.133. The topological polar surface area (TPSA) is 54.0 Å². The summed E-state index contributed by atoms with van der Waals surface area (Å²) in [6.07, 6.45) is 0. The van der Waals surface area contributed by atoms with Crippen LogP contribution in [0.2, 0.25) is 0 Å². The first kappa shape index (κ1) is 16.7. The second kappa shape index (κ2) is 7.59. The number of benzene rings is 2. The molecule has 1 amide bonds. The molecule has 0 aliphatic heterocycles. The molecule has 0 aliphatic carbocycles. The molecule has 0 saturated carbocycles. The first-order valence-corrected chi connectivity index (χ1v) is 9.19. The predicted molar refractivity (Wildman–Crippen MR) is 104 cm³/mol. The van der Waals surface area contributed by atoms with Crippen molar-refractivity contribution in [1.29, 1.82) is 0 Å². The van der Waals surface area contributed by atoms with E-state index < -0.39 is 0 Å². The number of anilines is 2. The van der Waals surface area contributed by atoms with Crippen LogP contribution in [-0.4, -0.2) is 17.4 Å². The van der Waals surface area contributed by atoms with Crippen molar-refractivity contribution in [2.75, 3.05) is 17.2 Å². The fraction of sp³-hybridized carbons (Fsp3) is 0.111. The van der Waals surface area contributed by atoms with Crippen LogP contribution in [0.15, 0.2) is 58.4 Å². The summed E-state index contributed by atoms with van der Waals surface area (Å²) in [6, 6.07) is 15.0. The van der Waals surface area contributed by atoms with Crippen LogP contribution in [0.5, 0.6) is 0 Å². The maximum absolute atomic E-state index is 12.3. The Morgan fingerprint density at radius 3 is 2.75 bits per heavy atom. The number of aromatic nitrogens is 1. The zero-order valence-corrected chi connectivity index (χ0v) is 15.4. The maximum atomic E-state index is 12.3. The van der Waals surface area contributed by atoms with Gasteiger partial charge in [-0.3, -0.25) is 4.79 Å². The molecular formula is C18H16BrN3OS. The smallest absolute Gasteiger partial charge is 0.255 e. The number of hydrogen-bond donors (Lipinski definition) is 2. The molecule has 2 N–H and O–H groups in total. The molecule has 4 nitrogen and oxygen atoms in total. The third kappa shape index (κ3) is 4.01. The van der Waals surface area contributed by atoms with Gasteiger partial charge >= 0.3 is 0 Å². The number of carbonyl (C=O) groups excluding carboxylic acids is 1. The molecule has 122 valence electrons. The normalized spacial score (nSPS) is 10.4. The van der Waals surface area contributed by atoms with Crippen molar-refractivity contribution >= 4 is 44.0 Å². The molecule has 1 aromatic heterocycles. The molecular weight excluding hydrogens is 386 g/mol. The van der Waals surface area contributed by atoms with E-state index in [1.165, 1.54) is 0 Å². The number of hydrogen-bond acceptors (Lipinski definition) is 4. The van der Waals surface area contributed by atoms with E-state index in [4.69, 9.17) is 0 Å². The van der Waals surface area contributed by atoms with Gasteiger partial charge in [-0.25, -0.2) is 4.98 Å². The fourth-order valence-electron chi connectivity index (χ4n) is 2.20. The van der Waals surface area contributed by atoms with Gasteiger partial charge in [0, 0.05) is 33.2 Å². The molecule has 0 bridgehead atoms. The summed E-state index contributed by atoms with van der Waals surface area (Å²) in [6.45, 7) is 2.88. The number of amides is 1. The largest absolute Gasteiger partial charge is 0.362 e. The summed E-state index contributed by atoms with van der Waals surface area (Å²) >= 11 is 4.94. The Morgan fingerprint density at radius 1 is 1.21 bits per heavy atom. The highest BCUT2D eigenvalue weighted by Gasteiger charge is 2.08. The molecule has 0 aliphatic rings. The highest BCUT2D eigenvalue weighted by Crippen LogP contribution is 2.27. The van der Waals surface area contributed by atoms with E-state index in [9.17, 15) is 4.79 Å². The van der Waals surface area contributed by atoms with Gasteiger partial charge in [0.1, 0.15) is 0 Å². The van der Waals surface area contributed by atoms with Gasteiger partial charge in [-0.15, -0.1) is 11.3 Å². The lowest BCUT2D eigenvalue weighted by molar-refractivity contribution is 0.102. The molecule has 2 aromatic carbocycles. The van der Waals surface area contributed by atoms with Crippen LogP contribution in [0, 0.1) is 0 Å². The molecule has 1 heterocycles. The van der Waals surface area contributed by atoms with Crippen LogP contribution < -0.4 is 10.6 Å². The zero-order valence-electron chi connectivity index (χ0n) is 13.0. The van der Waals surface area contributed by atoms with E-state index in [0.29, 0.717) is 5.56 Å². The van der Waals surface area contributed by atoms with Gasteiger partial charge in [-0.2, -0.15) is 0 Å². The van der Waals surface area contributed by atoms with Gasteiger partial charge < -0.3 is 10.6 Å². The molecule has 24 heavy (non-hydrogen) atoms. The van der Waals surface area contributed by atoms with E-state index in [1.54, 1.807) is 23.5 Å². The zero-order chi connectivity index (χ0) is 16.9. The lowest BCUT2D eigenvalue weighted by Gasteiger charge is -2.07. The minimum atomic E-state index is -0.133. The second-order valence-corrected chi connectivity index (χ2v) is 6.88. The van der Waals surface area contributed by atoms with Crippen molar-refractivity contribution in [3.63, 3.8) is 0 Å². The molecule has 6 heteroatoms. The van der Waals surface area contributed by atoms with Crippen LogP contribution in [0.4, 0.5) is 10.8 Å². The number of nitrogens with one attached hydrogen (secondary N) is 2. The molecule has 3 rings (SSSR count). The van der Waals surface area contributed by atoms with Crippen molar-refractivity contribution in [3.05, 3.63) is 63.9 Å². The lowest BCUT2D eigenvalue weighted by Crippen LogP contribution is -2.11. The quantitative estimate of drug-likeness (QED) is 0.613. The van der Waals surface area contributed by atoms with Crippen LogP contribution in [0.25, 0.3) is 11.3 Å². The average Bonchev–Trinajstić information content (AvgIpc) is 3.05. The molecule has 0 radical (unpaired) electrons. The molecule has 0 saturated heterocycles. The fourth-order valence-corrected chi connectivity index (χ4v) is 3.25. The van der Waals surface area contributed by atoms with Crippen LogP contribution in [0.3, 0.4) is 0 Å². The minimum absolute atomic E-state index is 0.133. The Labute approximate surface area is 153 Å². The van der Waals surface area contributed by atoms with Crippen LogP contribution in [-0.2, 0) is 0 Å². The Morgan fingerprint density at radius 2 is 2.00 bits per heavy atom. The number of thiazole rings is 1. The van der Waals surface area contributed by atoms with Crippen molar-refractivity contribution in [2.45, 2.75) is 6.92 Å². The molecule has 0 fully saturated rings. The van der Waals surface area contributed by atoms with E-state index >= 15 is 0 Å². The lowest BCUT2D eigenvalue weighted by atomic mass is 10.1. The first-order valence-electron chi connectivity index (χ1n) is 7.52. The highest BCUT2D eigenvalue weighted by molar-refractivity contribution is 9.10. The SMILES string of the molecule is CCNc1nc(-c2cccc(NC(=O)c3ccc(Br)cc3)c2)cs1. The first-order chi connectivity index (χ1) is 11.7. The third-order valence-electron chi connectivity index (χ3n) is 3.35. The van der Waals surface area contributed by atoms with E-state index in [2.05, 4.69) is 31.5 Å². The van der Waals surface area contributed by atoms with Gasteiger partial charge in [-0.05, 0) is 43.3 Å². The standard InChI is InChI=1S/C18H16BrN3OS/c1-2-20-18-22-16(11-24-18)13-4-3-5-15(10-13)21-17(23)12-6-8-14(19)9-7-12/h3-11H,2H2,1H3,(H,20,22)(H,21,23). The number of rotatable bonds is 5. The van der Waals surface area contributed by atoms with E-state index in [-0.39, 0.29) is 5.91 Å². The summed E-state index contributed by atoms with van der Waals surface area (Å²) in [5, 5.41) is 9.04. The van der Waals surface area contributed by atoms with Crippen molar-refractivity contribution in [1.82, 2.24) is 4.98 Å². The third-order valence-corrected chi connectivity index (χ3v) is 4.68. The van der Waals surface area contributed by atoms with Crippen molar-refractivity contribution < 1.29 is 4.79 Å². The number of halogens is 1. The van der Waals surface area contributed by atoms with Crippen LogP contribution >= 0.6 is 27.3 Å². The summed E-state index contributed by atoms with van der Waals surface area (Å²) in [4.78, 5) is 16.9.